The molecule has 0 radical (unpaired) electrons. The monoisotopic (exact) mass is 264 g/mol. The van der Waals surface area contributed by atoms with E-state index in [4.69, 9.17) is 0 Å². The lowest BCUT2D eigenvalue weighted by molar-refractivity contribution is 0.509. The van der Waals surface area contributed by atoms with Crippen LogP contribution in [-0.2, 0) is 5.41 Å². The zero-order chi connectivity index (χ0) is 14.2. The molecule has 1 N–H and O–H groups in total. The van der Waals surface area contributed by atoms with Gasteiger partial charge in [-0.3, -0.25) is 4.79 Å². The number of rotatable bonds is 1. The molecule has 0 aliphatic heterocycles. The van der Waals surface area contributed by atoms with E-state index in [0.29, 0.717) is 11.3 Å². The van der Waals surface area contributed by atoms with Crippen LogP contribution in [0.15, 0.2) is 29.1 Å². The highest BCUT2D eigenvalue weighted by Gasteiger charge is 2.17. The number of nitrogens with zero attached hydrogens (tertiary/aromatic N) is 1. The summed E-state index contributed by atoms with van der Waals surface area (Å²) in [6.07, 6.45) is 0. The van der Waals surface area contributed by atoms with E-state index in [-0.39, 0.29) is 16.8 Å². The molecule has 5 heteroatoms. The minimum atomic E-state index is -0.971. The Labute approximate surface area is 109 Å². The average Bonchev–Trinajstić information content (AvgIpc) is 2.31. The van der Waals surface area contributed by atoms with Crippen molar-refractivity contribution in [1.82, 2.24) is 9.97 Å². The van der Waals surface area contributed by atoms with E-state index >= 15 is 0 Å². The average molecular weight is 264 g/mol. The van der Waals surface area contributed by atoms with Crippen molar-refractivity contribution >= 4 is 0 Å². The number of aromatic nitrogens is 2. The molecule has 0 unspecified atom stereocenters. The molecular formula is C14H14F2N2O. The summed E-state index contributed by atoms with van der Waals surface area (Å²) >= 11 is 0. The van der Waals surface area contributed by atoms with Gasteiger partial charge in [0.25, 0.3) is 5.56 Å². The van der Waals surface area contributed by atoms with Crippen molar-refractivity contribution in [1.29, 1.82) is 0 Å². The van der Waals surface area contributed by atoms with E-state index in [9.17, 15) is 13.6 Å². The van der Waals surface area contributed by atoms with E-state index in [1.807, 2.05) is 20.8 Å². The van der Waals surface area contributed by atoms with Crippen LogP contribution in [0.4, 0.5) is 8.78 Å². The Morgan fingerprint density at radius 2 is 1.79 bits per heavy atom. The molecule has 2 rings (SSSR count). The third-order valence-electron chi connectivity index (χ3n) is 2.70. The third kappa shape index (κ3) is 2.86. The maximum absolute atomic E-state index is 13.2. The van der Waals surface area contributed by atoms with Gasteiger partial charge in [0.05, 0.1) is 5.69 Å². The highest BCUT2D eigenvalue weighted by molar-refractivity contribution is 5.54. The van der Waals surface area contributed by atoms with Gasteiger partial charge >= 0.3 is 0 Å². The van der Waals surface area contributed by atoms with Crippen molar-refractivity contribution < 1.29 is 8.78 Å². The van der Waals surface area contributed by atoms with Gasteiger partial charge in [-0.1, -0.05) is 20.8 Å². The molecule has 2 aromatic rings. The number of benzene rings is 1. The second-order valence-corrected chi connectivity index (χ2v) is 5.36. The fraction of sp³-hybridized carbons (Fsp3) is 0.286. The van der Waals surface area contributed by atoms with Crippen LogP contribution in [0.25, 0.3) is 11.4 Å². The maximum atomic E-state index is 13.2. The van der Waals surface area contributed by atoms with E-state index in [1.54, 1.807) is 0 Å². The maximum Gasteiger partial charge on any atom is 0.251 e. The molecule has 0 saturated heterocycles. The number of halogens is 2. The summed E-state index contributed by atoms with van der Waals surface area (Å²) in [4.78, 5) is 18.4. The molecule has 0 atom stereocenters. The predicted octanol–water partition coefficient (Wildman–Crippen LogP) is 3.01. The van der Waals surface area contributed by atoms with Crippen LogP contribution < -0.4 is 5.56 Å². The summed E-state index contributed by atoms with van der Waals surface area (Å²) in [5, 5.41) is 0. The van der Waals surface area contributed by atoms with Crippen LogP contribution in [0.1, 0.15) is 26.5 Å². The molecule has 0 bridgehead atoms. The van der Waals surface area contributed by atoms with Crippen LogP contribution in [-0.4, -0.2) is 9.97 Å². The largest absolute Gasteiger partial charge is 0.307 e. The first kappa shape index (κ1) is 13.4. The molecular weight excluding hydrogens is 250 g/mol. The van der Waals surface area contributed by atoms with Gasteiger partial charge in [0.15, 0.2) is 11.6 Å². The van der Waals surface area contributed by atoms with E-state index < -0.39 is 11.6 Å². The summed E-state index contributed by atoms with van der Waals surface area (Å²) < 4.78 is 26.1. The lowest BCUT2D eigenvalue weighted by Gasteiger charge is -2.17. The lowest BCUT2D eigenvalue weighted by atomic mass is 9.92. The van der Waals surface area contributed by atoms with Crippen LogP contribution in [0, 0.1) is 11.6 Å². The fourth-order valence-corrected chi connectivity index (χ4v) is 1.62. The van der Waals surface area contributed by atoms with E-state index in [2.05, 4.69) is 9.97 Å². The van der Waals surface area contributed by atoms with Gasteiger partial charge in [0.1, 0.15) is 5.82 Å². The minimum absolute atomic E-state index is 0.233. The number of H-pyrrole nitrogens is 1. The highest BCUT2D eigenvalue weighted by Crippen LogP contribution is 2.22. The van der Waals surface area contributed by atoms with Crippen molar-refractivity contribution in [2.75, 3.05) is 0 Å². The Hall–Kier alpha value is -2.04. The second kappa shape index (κ2) is 4.57. The molecule has 100 valence electrons. The molecule has 19 heavy (non-hydrogen) atoms. The van der Waals surface area contributed by atoms with Gasteiger partial charge in [-0.15, -0.1) is 0 Å². The zero-order valence-electron chi connectivity index (χ0n) is 10.9. The summed E-state index contributed by atoms with van der Waals surface area (Å²) in [5.74, 6) is -1.67. The molecule has 0 aliphatic carbocycles. The Bertz CT molecular complexity index is 672. The van der Waals surface area contributed by atoms with Crippen molar-refractivity contribution in [2.24, 2.45) is 0 Å². The standard InChI is InChI=1S/C14H14F2N2O/c1-14(2,3)11-7-12(19)18-13(17-11)8-4-5-9(15)10(16)6-8/h4-7H,1-3H3,(H,17,18,19). The third-order valence-corrected chi connectivity index (χ3v) is 2.70. The summed E-state index contributed by atoms with van der Waals surface area (Å²) in [5.41, 5.74) is 0.305. The summed E-state index contributed by atoms with van der Waals surface area (Å²) in [6, 6.07) is 4.81. The molecule has 1 aromatic carbocycles. The lowest BCUT2D eigenvalue weighted by Crippen LogP contribution is -2.19. The highest BCUT2D eigenvalue weighted by atomic mass is 19.2. The number of hydrogen-bond donors (Lipinski definition) is 1. The van der Waals surface area contributed by atoms with Crippen molar-refractivity contribution in [2.45, 2.75) is 26.2 Å². The van der Waals surface area contributed by atoms with Crippen molar-refractivity contribution in [3.8, 4) is 11.4 Å². The minimum Gasteiger partial charge on any atom is -0.307 e. The smallest absolute Gasteiger partial charge is 0.251 e. The molecule has 3 nitrogen and oxygen atoms in total. The molecule has 1 aromatic heterocycles. The normalized spacial score (nSPS) is 11.6. The Balaban J connectivity index is 2.59. The SMILES string of the molecule is CC(C)(C)c1cc(=O)[nH]c(-c2ccc(F)c(F)c2)n1. The Morgan fingerprint density at radius 1 is 1.11 bits per heavy atom. The van der Waals surface area contributed by atoms with Gasteiger partial charge in [-0.25, -0.2) is 13.8 Å². The van der Waals surface area contributed by atoms with Gasteiger partial charge in [-0.05, 0) is 18.2 Å². The van der Waals surface area contributed by atoms with Gasteiger partial charge < -0.3 is 4.98 Å². The summed E-state index contributed by atoms with van der Waals surface area (Å²) in [7, 11) is 0. The van der Waals surface area contributed by atoms with Gasteiger partial charge in [0.2, 0.25) is 0 Å². The molecule has 0 aliphatic rings. The summed E-state index contributed by atoms with van der Waals surface area (Å²) in [6.45, 7) is 5.76. The number of aromatic amines is 1. The van der Waals surface area contributed by atoms with Crippen LogP contribution in [0.2, 0.25) is 0 Å². The fourth-order valence-electron chi connectivity index (χ4n) is 1.62. The van der Waals surface area contributed by atoms with Gasteiger partial charge in [-0.2, -0.15) is 0 Å². The first-order valence-electron chi connectivity index (χ1n) is 5.84. The molecule has 0 saturated carbocycles. The number of hydrogen-bond acceptors (Lipinski definition) is 2. The topological polar surface area (TPSA) is 45.8 Å². The van der Waals surface area contributed by atoms with Crippen molar-refractivity contribution in [3.05, 3.63) is 51.9 Å². The number of nitrogens with one attached hydrogen (secondary N) is 1. The molecule has 0 fully saturated rings. The first-order valence-corrected chi connectivity index (χ1v) is 5.84. The first-order chi connectivity index (χ1) is 8.77. The zero-order valence-corrected chi connectivity index (χ0v) is 10.9. The predicted molar refractivity (Wildman–Crippen MR) is 68.9 cm³/mol. The second-order valence-electron chi connectivity index (χ2n) is 5.36. The molecule has 0 amide bonds. The van der Waals surface area contributed by atoms with Crippen LogP contribution in [0.5, 0.6) is 0 Å². The van der Waals surface area contributed by atoms with Crippen LogP contribution in [0.3, 0.4) is 0 Å². The van der Waals surface area contributed by atoms with E-state index in [0.717, 1.165) is 12.1 Å². The van der Waals surface area contributed by atoms with E-state index in [1.165, 1.54) is 12.1 Å². The van der Waals surface area contributed by atoms with Crippen LogP contribution >= 0.6 is 0 Å². The van der Waals surface area contributed by atoms with Crippen molar-refractivity contribution in [3.63, 3.8) is 0 Å². The quantitative estimate of drug-likeness (QED) is 0.860. The Morgan fingerprint density at radius 3 is 2.37 bits per heavy atom. The molecule has 1 heterocycles. The van der Waals surface area contributed by atoms with Gasteiger partial charge in [0, 0.05) is 17.0 Å². The Kier molecular flexibility index (Phi) is 3.22. The molecule has 0 spiro atoms.